The fraction of sp³-hybridized carbons (Fsp3) is 0.933. The van der Waals surface area contributed by atoms with Gasteiger partial charge in [0.1, 0.15) is 72.9 Å². The van der Waals surface area contributed by atoms with Gasteiger partial charge in [0.2, 0.25) is 0 Å². The van der Waals surface area contributed by atoms with Gasteiger partial charge in [-0.15, -0.1) is 0 Å². The minimum absolute atomic E-state index is 0.0356. The second-order valence-corrected chi connectivity index (χ2v) is 20.7. The molecule has 3 saturated carbocycles. The molecule has 11 N–H and O–H groups in total. The molecule has 0 aromatic heterocycles. The molecule has 7 aliphatic rings. The van der Waals surface area contributed by atoms with Crippen molar-refractivity contribution in [3.8, 4) is 0 Å². The molecule has 0 amide bonds. The van der Waals surface area contributed by atoms with Gasteiger partial charge in [0.05, 0.1) is 37.6 Å². The molecule has 18 nitrogen and oxygen atoms in total. The molecular weight excluding hydrogens is 828 g/mol. The van der Waals surface area contributed by atoms with E-state index in [2.05, 4.69) is 26.8 Å². The number of Topliss-reactive ketones (excluding diaryl/α,β-unsaturated/α-hetero) is 1. The van der Waals surface area contributed by atoms with Gasteiger partial charge in [0.15, 0.2) is 18.9 Å². The van der Waals surface area contributed by atoms with Crippen LogP contribution in [0.3, 0.4) is 0 Å². The largest absolute Gasteiger partial charge is 0.394 e. The van der Waals surface area contributed by atoms with E-state index in [1.54, 1.807) is 0 Å². The molecule has 0 radical (unpaired) electrons. The van der Waals surface area contributed by atoms with Gasteiger partial charge in [-0.05, 0) is 86.9 Å². The summed E-state index contributed by atoms with van der Waals surface area (Å²) in [5, 5.41) is 117. The maximum atomic E-state index is 14.9. The number of aliphatic hydroxyl groups is 11. The van der Waals surface area contributed by atoms with Crippen molar-refractivity contribution in [2.24, 2.45) is 46.3 Å². The highest BCUT2D eigenvalue weighted by atomic mass is 16.7. The van der Waals surface area contributed by atoms with Crippen LogP contribution >= 0.6 is 0 Å². The van der Waals surface area contributed by atoms with E-state index >= 15 is 0 Å². The molecule has 6 fully saturated rings. The number of ketones is 1. The fourth-order valence-corrected chi connectivity index (χ4v) is 12.7. The number of aliphatic hydroxyl groups excluding tert-OH is 11. The van der Waals surface area contributed by atoms with Crippen molar-refractivity contribution in [1.82, 2.24) is 0 Å². The van der Waals surface area contributed by atoms with Gasteiger partial charge < -0.3 is 84.6 Å². The van der Waals surface area contributed by atoms with E-state index in [9.17, 15) is 61.0 Å². The Morgan fingerprint density at radius 2 is 1.33 bits per heavy atom. The lowest BCUT2D eigenvalue weighted by Crippen LogP contribution is -2.64. The third kappa shape index (κ3) is 8.98. The molecule has 63 heavy (non-hydrogen) atoms. The van der Waals surface area contributed by atoms with E-state index in [0.717, 1.165) is 12.0 Å². The van der Waals surface area contributed by atoms with Gasteiger partial charge in [-0.25, -0.2) is 0 Å². The third-order valence-electron chi connectivity index (χ3n) is 16.6. The highest BCUT2D eigenvalue weighted by Gasteiger charge is 2.67. The first kappa shape index (κ1) is 49.6. The Morgan fingerprint density at radius 3 is 1.98 bits per heavy atom. The van der Waals surface area contributed by atoms with Crippen LogP contribution in [0, 0.1) is 46.3 Å². The van der Waals surface area contributed by atoms with Crippen LogP contribution in [-0.4, -0.2) is 186 Å². The first-order valence-electron chi connectivity index (χ1n) is 23.2. The summed E-state index contributed by atoms with van der Waals surface area (Å²) in [5.74, 6) is -0.562. The summed E-state index contributed by atoms with van der Waals surface area (Å²) in [4.78, 5) is 14.9. The van der Waals surface area contributed by atoms with Crippen LogP contribution in [-0.2, 0) is 33.2 Å². The quantitative estimate of drug-likeness (QED) is 0.0990. The van der Waals surface area contributed by atoms with Crippen LogP contribution < -0.4 is 0 Å². The van der Waals surface area contributed by atoms with Gasteiger partial charge in [0.25, 0.3) is 0 Å². The van der Waals surface area contributed by atoms with Crippen LogP contribution in [0.4, 0.5) is 0 Å². The van der Waals surface area contributed by atoms with Crippen LogP contribution in [0.2, 0.25) is 0 Å². The predicted octanol–water partition coefficient (Wildman–Crippen LogP) is -0.990. The molecule has 0 aromatic rings. The lowest BCUT2D eigenvalue weighted by Gasteiger charge is -2.57. The highest BCUT2D eigenvalue weighted by molar-refractivity contribution is 5.87. The van der Waals surface area contributed by atoms with Gasteiger partial charge >= 0.3 is 0 Å². The molecular formula is C45H74O18. The maximum Gasteiger partial charge on any atom is 0.187 e. The number of carbonyl (C=O) groups is 1. The summed E-state index contributed by atoms with van der Waals surface area (Å²) >= 11 is 0. The molecule has 0 spiro atoms. The van der Waals surface area contributed by atoms with Crippen LogP contribution in [0.25, 0.3) is 0 Å². The Morgan fingerprint density at radius 1 is 0.730 bits per heavy atom. The van der Waals surface area contributed by atoms with Crippen LogP contribution in [0.1, 0.15) is 92.9 Å². The molecule has 0 unspecified atom stereocenters. The zero-order valence-corrected chi connectivity index (χ0v) is 37.3. The summed E-state index contributed by atoms with van der Waals surface area (Å²) in [5.41, 5.74) is -0.176. The Bertz CT molecular complexity index is 1600. The van der Waals surface area contributed by atoms with Crippen molar-refractivity contribution in [2.75, 3.05) is 13.2 Å². The Balaban J connectivity index is 1.07. The highest BCUT2D eigenvalue weighted by Crippen LogP contribution is 2.67. The first-order chi connectivity index (χ1) is 29.7. The average Bonchev–Trinajstić information content (AvgIpc) is 3.56. The van der Waals surface area contributed by atoms with Gasteiger partial charge in [-0.3, -0.25) is 4.79 Å². The number of fused-ring (bicyclic) bond motifs is 5. The number of hydrogen-bond acceptors (Lipinski definition) is 18. The molecule has 4 aliphatic carbocycles. The number of rotatable bonds is 13. The zero-order valence-electron chi connectivity index (χ0n) is 37.3. The molecule has 0 bridgehead atoms. The Kier molecular flexibility index (Phi) is 15.3. The van der Waals surface area contributed by atoms with E-state index in [4.69, 9.17) is 28.4 Å². The van der Waals surface area contributed by atoms with Crippen molar-refractivity contribution in [2.45, 2.75) is 203 Å². The van der Waals surface area contributed by atoms with Crippen molar-refractivity contribution >= 4 is 5.78 Å². The first-order valence-corrected chi connectivity index (χ1v) is 23.2. The number of allylic oxidation sites excluding steroid dienone is 1. The molecule has 3 aliphatic heterocycles. The number of ether oxygens (including phenoxy) is 6. The lowest BCUT2D eigenvalue weighted by molar-refractivity contribution is -0.360. The monoisotopic (exact) mass is 902 g/mol. The number of carbonyl (C=O) groups excluding carboxylic acids is 1. The Labute approximate surface area is 369 Å². The summed E-state index contributed by atoms with van der Waals surface area (Å²) in [6.07, 6.45) is -16.9. The zero-order chi connectivity index (χ0) is 46.0. The van der Waals surface area contributed by atoms with E-state index in [0.29, 0.717) is 50.9 Å². The molecule has 0 aromatic carbocycles. The predicted molar refractivity (Wildman–Crippen MR) is 219 cm³/mol. The van der Waals surface area contributed by atoms with Crippen LogP contribution in [0.5, 0.6) is 0 Å². The van der Waals surface area contributed by atoms with Crippen molar-refractivity contribution < 1.29 is 89.4 Å². The second-order valence-electron chi connectivity index (χ2n) is 20.7. The fourth-order valence-electron chi connectivity index (χ4n) is 12.7. The molecule has 3 heterocycles. The minimum atomic E-state index is -1.68. The maximum absolute atomic E-state index is 14.9. The third-order valence-corrected chi connectivity index (χ3v) is 16.6. The van der Waals surface area contributed by atoms with Crippen molar-refractivity contribution in [3.63, 3.8) is 0 Å². The van der Waals surface area contributed by atoms with E-state index in [1.807, 2.05) is 13.8 Å². The summed E-state index contributed by atoms with van der Waals surface area (Å²) < 4.78 is 35.9. The van der Waals surface area contributed by atoms with Gasteiger partial charge in [-0.2, -0.15) is 0 Å². The normalized spacial score (nSPS) is 51.2. The van der Waals surface area contributed by atoms with Crippen molar-refractivity contribution in [3.05, 3.63) is 11.6 Å². The van der Waals surface area contributed by atoms with E-state index < -0.39 is 135 Å². The van der Waals surface area contributed by atoms with Crippen LogP contribution in [0.15, 0.2) is 11.6 Å². The van der Waals surface area contributed by atoms with E-state index in [1.165, 1.54) is 6.92 Å². The Hall–Kier alpha value is -1.27. The van der Waals surface area contributed by atoms with Gasteiger partial charge in [-0.1, -0.05) is 46.3 Å². The SMILES string of the molecule is CC(C)CC[C@H](O)[C@@H](C)[C@H]1[C@@H](O[C@@H]2O[C@H](CO)[C@@H](O)[C@H](O)[C@H]2O)C[C@H]2[C@@H]3CC=C4C[C@@H](O[C@@H]5O[C@H](CO)[C@@H](O[C@@H]6O[C@@H](C)[C@H](O)[C@@H](O)[C@H]6O)[C@H](O)[C@H]5O)CC[C@]4(C)[C@H]3CC(=O)[C@]12C. The summed E-state index contributed by atoms with van der Waals surface area (Å²) in [6.45, 7) is 10.5. The number of hydrogen-bond donors (Lipinski definition) is 11. The summed E-state index contributed by atoms with van der Waals surface area (Å²) in [6, 6.07) is 0. The average molecular weight is 903 g/mol. The standard InChI is InChI=1S/C45H74O18/c1-18(2)7-10-26(48)19(3)31-27(60-43-38(56)35(53)33(51)28(16-46)61-43)14-25-23-9-8-21-13-22(11-12-44(21,5)24(23)15-30(49)45(25,31)6)59-42-39(57)36(54)40(29(17-47)62-42)63-41-37(55)34(52)32(50)20(4)58-41/h8,18-20,22-29,31-43,46-48,50-57H,7,9-17H2,1-6H3/t19-,20+,22+,23-,24+,25+,26+,27+,28-,29-,31+,32+,33-,34-,35+,36-,37-,38-,39-,40-,41+,42-,43-,44+,45-/m1/s1. The van der Waals surface area contributed by atoms with Crippen molar-refractivity contribution in [1.29, 1.82) is 0 Å². The molecule has 362 valence electrons. The van der Waals surface area contributed by atoms with E-state index in [-0.39, 0.29) is 34.9 Å². The molecule has 25 atom stereocenters. The molecule has 3 saturated heterocycles. The lowest BCUT2D eigenvalue weighted by atomic mass is 9.46. The topological polar surface area (TPSA) is 295 Å². The minimum Gasteiger partial charge on any atom is -0.394 e. The smallest absolute Gasteiger partial charge is 0.187 e. The molecule has 7 rings (SSSR count). The van der Waals surface area contributed by atoms with Gasteiger partial charge in [0, 0.05) is 17.8 Å². The summed E-state index contributed by atoms with van der Waals surface area (Å²) in [7, 11) is 0. The molecule has 18 heteroatoms. The second kappa shape index (κ2) is 19.4.